The van der Waals surface area contributed by atoms with Gasteiger partial charge < -0.3 is 15.3 Å². The quantitative estimate of drug-likeness (QED) is 0.575. The van der Waals surface area contributed by atoms with Crippen LogP contribution in [0.2, 0.25) is 0 Å². The van der Waals surface area contributed by atoms with Gasteiger partial charge in [0.25, 0.3) is 0 Å². The third kappa shape index (κ3) is 3.93. The van der Waals surface area contributed by atoms with E-state index < -0.39 is 11.7 Å². The molecule has 1 saturated carbocycles. The lowest BCUT2D eigenvalue weighted by molar-refractivity contribution is 0.0000875. The summed E-state index contributed by atoms with van der Waals surface area (Å²) in [4.78, 5) is 10.9. The summed E-state index contributed by atoms with van der Waals surface area (Å²) in [6.45, 7) is 4.23. The number of aromatic nitrogens is 6. The van der Waals surface area contributed by atoms with Gasteiger partial charge in [-0.2, -0.15) is 5.10 Å². The average Bonchev–Trinajstić information content (AvgIpc) is 3.56. The van der Waals surface area contributed by atoms with Crippen LogP contribution in [0.4, 0.5) is 10.3 Å². The molecule has 0 radical (unpaired) electrons. The first-order valence-corrected chi connectivity index (χ1v) is 12.4. The number of aromatic hydroxyl groups is 1. The summed E-state index contributed by atoms with van der Waals surface area (Å²) in [6, 6.07) is 5.16. The maximum atomic E-state index is 15.9. The molecule has 0 unspecified atom stereocenters. The van der Waals surface area contributed by atoms with E-state index in [0.29, 0.717) is 28.6 Å². The normalized spacial score (nSPS) is 30.3. The topological polar surface area (TPSA) is 105 Å². The average molecular weight is 479 g/mol. The van der Waals surface area contributed by atoms with Gasteiger partial charge in [-0.25, -0.2) is 14.4 Å². The minimum absolute atomic E-state index is 0.0497. The van der Waals surface area contributed by atoms with Crippen LogP contribution >= 0.6 is 0 Å². The Labute approximate surface area is 203 Å². The number of hydrogen-bond donors (Lipinski definition) is 2. The first-order chi connectivity index (χ1) is 16.7. The van der Waals surface area contributed by atoms with E-state index in [2.05, 4.69) is 42.4 Å². The Bertz CT molecular complexity index is 1240. The molecular formula is C25H31FN8O. The number of halogens is 1. The number of rotatable bonds is 5. The minimum Gasteiger partial charge on any atom is -0.507 e. The van der Waals surface area contributed by atoms with Gasteiger partial charge in [0.15, 0.2) is 5.82 Å². The molecule has 3 aromatic rings. The van der Waals surface area contributed by atoms with Crippen molar-refractivity contribution in [2.75, 3.05) is 4.90 Å². The third-order valence-electron chi connectivity index (χ3n) is 7.83. The molecule has 3 fully saturated rings. The zero-order valence-corrected chi connectivity index (χ0v) is 20.3. The van der Waals surface area contributed by atoms with Crippen LogP contribution in [0.15, 0.2) is 30.7 Å². The monoisotopic (exact) mass is 478 g/mol. The molecule has 6 rings (SSSR count). The Balaban J connectivity index is 1.28. The number of aryl methyl sites for hydroxylation is 1. The molecule has 0 spiro atoms. The second kappa shape index (κ2) is 7.94. The van der Waals surface area contributed by atoms with Crippen LogP contribution < -0.4 is 10.2 Å². The predicted molar refractivity (Wildman–Crippen MR) is 130 cm³/mol. The second-order valence-corrected chi connectivity index (χ2v) is 10.9. The van der Waals surface area contributed by atoms with Gasteiger partial charge in [0.1, 0.15) is 23.9 Å². The maximum Gasteiger partial charge on any atom is 0.245 e. The predicted octanol–water partition coefficient (Wildman–Crippen LogP) is 3.41. The number of hydrogen-bond acceptors (Lipinski definition) is 8. The van der Waals surface area contributed by atoms with Crippen molar-refractivity contribution in [2.45, 2.75) is 81.7 Å². The van der Waals surface area contributed by atoms with Crippen LogP contribution in [0.5, 0.6) is 5.75 Å². The summed E-state index contributed by atoms with van der Waals surface area (Å²) in [5, 5.41) is 27.3. The highest BCUT2D eigenvalue weighted by atomic mass is 19.1. The largest absolute Gasteiger partial charge is 0.507 e. The fourth-order valence-electron chi connectivity index (χ4n) is 6.05. The zero-order valence-electron chi connectivity index (χ0n) is 20.3. The molecule has 4 atom stereocenters. The first-order valence-electron chi connectivity index (χ1n) is 12.4. The van der Waals surface area contributed by atoms with Crippen molar-refractivity contribution in [3.05, 3.63) is 30.7 Å². The summed E-state index contributed by atoms with van der Waals surface area (Å²) >= 11 is 0. The van der Waals surface area contributed by atoms with E-state index in [1.54, 1.807) is 36.4 Å². The molecule has 2 aromatic heterocycles. The van der Waals surface area contributed by atoms with E-state index in [9.17, 15) is 5.11 Å². The van der Waals surface area contributed by atoms with E-state index in [0.717, 1.165) is 38.5 Å². The van der Waals surface area contributed by atoms with Crippen LogP contribution in [0.1, 0.15) is 52.4 Å². The molecule has 10 heteroatoms. The lowest BCUT2D eigenvalue weighted by Gasteiger charge is -2.57. The van der Waals surface area contributed by atoms with Gasteiger partial charge in [-0.1, -0.05) is 6.07 Å². The molecule has 0 amide bonds. The number of alkyl halides is 1. The van der Waals surface area contributed by atoms with E-state index in [1.165, 1.54) is 0 Å². The smallest absolute Gasteiger partial charge is 0.245 e. The molecule has 2 saturated heterocycles. The molecule has 1 aliphatic carbocycles. The van der Waals surface area contributed by atoms with Crippen molar-refractivity contribution in [1.82, 2.24) is 35.3 Å². The number of phenolic OH excluding ortho intramolecular Hbond substituents is 1. The van der Waals surface area contributed by atoms with Crippen molar-refractivity contribution in [1.29, 1.82) is 0 Å². The fraction of sp³-hybridized carbons (Fsp3) is 0.560. The second-order valence-electron chi connectivity index (χ2n) is 10.9. The Morgan fingerprint density at radius 1 is 1.17 bits per heavy atom. The summed E-state index contributed by atoms with van der Waals surface area (Å²) in [5.41, 5.74) is 1.06. The standard InChI is InChI=1S/C25H31FN8O/c1-24-9-4-10-25(2,32-24)21(26)19(12-24)34(16-6-7-16)23-27-13-18(29-30-23)17-8-5-15(11-20(17)35)22-28-14-33(3)31-22/h5,8,11,13-14,16,19,21,32,35H,4,6-7,9-10,12H2,1-3H3/t19-,21-,24-,25+/m0/s1. The first kappa shape index (κ1) is 22.3. The van der Waals surface area contributed by atoms with Crippen molar-refractivity contribution in [2.24, 2.45) is 7.05 Å². The molecule has 2 bridgehead atoms. The van der Waals surface area contributed by atoms with E-state index in [1.807, 2.05) is 13.0 Å². The SMILES string of the molecule is Cn1cnc(-c2ccc(-c3cnc(N(C4CC4)[C@H]4C[C@]5(C)CCC[C@@](C)(N5)[C@H]4F)nn3)c(O)c2)n1. The minimum atomic E-state index is -1.02. The molecular weight excluding hydrogens is 447 g/mol. The number of piperidine rings is 2. The molecule has 2 aliphatic heterocycles. The lowest BCUT2D eigenvalue weighted by Crippen LogP contribution is -2.73. The maximum absolute atomic E-state index is 15.9. The summed E-state index contributed by atoms with van der Waals surface area (Å²) in [6.07, 6.45) is 7.88. The molecule has 184 valence electrons. The van der Waals surface area contributed by atoms with E-state index in [-0.39, 0.29) is 23.4 Å². The number of nitrogens with zero attached hydrogens (tertiary/aromatic N) is 7. The highest BCUT2D eigenvalue weighted by molar-refractivity contribution is 5.71. The van der Waals surface area contributed by atoms with Crippen LogP contribution in [0.3, 0.4) is 0 Å². The van der Waals surface area contributed by atoms with Gasteiger partial charge >= 0.3 is 0 Å². The Morgan fingerprint density at radius 2 is 2.00 bits per heavy atom. The number of anilines is 1. The summed E-state index contributed by atoms with van der Waals surface area (Å²) in [5.74, 6) is 1.04. The van der Waals surface area contributed by atoms with Crippen molar-refractivity contribution >= 4 is 5.95 Å². The van der Waals surface area contributed by atoms with Gasteiger partial charge in [0.2, 0.25) is 5.95 Å². The van der Waals surface area contributed by atoms with E-state index in [4.69, 9.17) is 0 Å². The zero-order chi connectivity index (χ0) is 24.4. The van der Waals surface area contributed by atoms with E-state index >= 15 is 4.39 Å². The van der Waals surface area contributed by atoms with Crippen LogP contribution in [0.25, 0.3) is 22.6 Å². The molecule has 1 aromatic carbocycles. The van der Waals surface area contributed by atoms with Gasteiger partial charge in [0.05, 0.1) is 12.2 Å². The summed E-state index contributed by atoms with van der Waals surface area (Å²) < 4.78 is 17.6. The molecule has 2 N–H and O–H groups in total. The highest BCUT2D eigenvalue weighted by Gasteiger charge is 2.56. The van der Waals surface area contributed by atoms with Gasteiger partial charge in [-0.15, -0.1) is 10.2 Å². The Kier molecular flexibility index (Phi) is 5.07. The summed E-state index contributed by atoms with van der Waals surface area (Å²) in [7, 11) is 1.79. The molecule has 35 heavy (non-hydrogen) atoms. The van der Waals surface area contributed by atoms with Crippen LogP contribution in [-0.2, 0) is 7.05 Å². The van der Waals surface area contributed by atoms with Gasteiger partial charge in [-0.3, -0.25) is 4.68 Å². The highest BCUT2D eigenvalue weighted by Crippen LogP contribution is 2.46. The van der Waals surface area contributed by atoms with Crippen molar-refractivity contribution in [3.8, 4) is 28.4 Å². The fourth-order valence-corrected chi connectivity index (χ4v) is 6.05. The third-order valence-corrected chi connectivity index (χ3v) is 7.83. The molecule has 9 nitrogen and oxygen atoms in total. The molecule has 3 aliphatic rings. The Hall–Kier alpha value is -3.14. The van der Waals surface area contributed by atoms with Crippen molar-refractivity contribution < 1.29 is 9.50 Å². The Morgan fingerprint density at radius 3 is 2.66 bits per heavy atom. The lowest BCUT2D eigenvalue weighted by atomic mass is 9.68. The number of benzene rings is 1. The number of phenols is 1. The number of fused-ring (bicyclic) bond motifs is 2. The molecule has 4 heterocycles. The van der Waals surface area contributed by atoms with Gasteiger partial charge in [0, 0.05) is 35.3 Å². The van der Waals surface area contributed by atoms with Crippen LogP contribution in [0, 0.1) is 0 Å². The van der Waals surface area contributed by atoms with Crippen molar-refractivity contribution in [3.63, 3.8) is 0 Å². The number of nitrogens with one attached hydrogen (secondary N) is 1. The van der Waals surface area contributed by atoms with Gasteiger partial charge in [-0.05, 0) is 64.5 Å². The van der Waals surface area contributed by atoms with Crippen LogP contribution in [-0.4, -0.2) is 64.4 Å².